The molecule has 4 rings (SSSR count). The van der Waals surface area contributed by atoms with Gasteiger partial charge in [-0.25, -0.2) is 4.98 Å². The first-order valence-electron chi connectivity index (χ1n) is 9.58. The van der Waals surface area contributed by atoms with Crippen LogP contribution >= 0.6 is 0 Å². The SMILES string of the molecule is CC(=O)NCc1ccc(C(=O)N2CCC(c3nc4ccccc4o3)CC2)cc1. The molecular weight excluding hydrogens is 354 g/mol. The highest BCUT2D eigenvalue weighted by atomic mass is 16.3. The maximum Gasteiger partial charge on any atom is 0.253 e. The van der Waals surface area contributed by atoms with Gasteiger partial charge in [0.05, 0.1) is 0 Å². The van der Waals surface area contributed by atoms with Gasteiger partial charge in [-0.15, -0.1) is 0 Å². The van der Waals surface area contributed by atoms with Crippen LogP contribution in [0.4, 0.5) is 0 Å². The van der Waals surface area contributed by atoms with Gasteiger partial charge in [-0.05, 0) is 42.7 Å². The van der Waals surface area contributed by atoms with Crippen LogP contribution in [0.1, 0.15) is 47.5 Å². The molecule has 1 aliphatic heterocycles. The molecule has 3 aromatic rings. The molecule has 2 amide bonds. The lowest BCUT2D eigenvalue weighted by Crippen LogP contribution is -2.38. The van der Waals surface area contributed by atoms with Crippen LogP contribution in [0, 0.1) is 0 Å². The van der Waals surface area contributed by atoms with Crippen LogP contribution in [0.15, 0.2) is 52.9 Å². The van der Waals surface area contributed by atoms with Gasteiger partial charge in [0.1, 0.15) is 5.52 Å². The van der Waals surface area contributed by atoms with E-state index in [9.17, 15) is 9.59 Å². The minimum absolute atomic E-state index is 0.0436. The Morgan fingerprint density at radius 1 is 1.11 bits per heavy atom. The molecule has 0 aliphatic carbocycles. The lowest BCUT2D eigenvalue weighted by Gasteiger charge is -2.30. The number of carbonyl (C=O) groups excluding carboxylic acids is 2. The van der Waals surface area contributed by atoms with Crippen molar-refractivity contribution in [2.45, 2.75) is 32.2 Å². The summed E-state index contributed by atoms with van der Waals surface area (Å²) in [5.41, 5.74) is 3.35. The van der Waals surface area contributed by atoms with Crippen LogP contribution in [-0.2, 0) is 11.3 Å². The van der Waals surface area contributed by atoms with Gasteiger partial charge in [0.2, 0.25) is 5.91 Å². The van der Waals surface area contributed by atoms with E-state index in [1.54, 1.807) is 0 Å². The predicted molar refractivity (Wildman–Crippen MR) is 106 cm³/mol. The first kappa shape index (κ1) is 18.2. The van der Waals surface area contributed by atoms with Crippen LogP contribution in [0.25, 0.3) is 11.1 Å². The molecule has 1 saturated heterocycles. The maximum absolute atomic E-state index is 12.8. The molecule has 2 heterocycles. The van der Waals surface area contributed by atoms with Gasteiger partial charge in [0.25, 0.3) is 5.91 Å². The smallest absolute Gasteiger partial charge is 0.253 e. The topological polar surface area (TPSA) is 75.4 Å². The van der Waals surface area contributed by atoms with Crippen molar-refractivity contribution in [3.63, 3.8) is 0 Å². The average Bonchev–Trinajstić information content (AvgIpc) is 3.16. The second kappa shape index (κ2) is 7.84. The zero-order chi connectivity index (χ0) is 19.5. The minimum atomic E-state index is -0.0676. The van der Waals surface area contributed by atoms with E-state index in [0.717, 1.165) is 35.4 Å². The molecule has 0 atom stereocenters. The Morgan fingerprint density at radius 2 is 1.82 bits per heavy atom. The number of oxazole rings is 1. The van der Waals surface area contributed by atoms with E-state index in [-0.39, 0.29) is 17.7 Å². The molecule has 0 saturated carbocycles. The molecule has 0 spiro atoms. The van der Waals surface area contributed by atoms with Crippen molar-refractivity contribution in [3.05, 3.63) is 65.5 Å². The molecule has 2 aromatic carbocycles. The van der Waals surface area contributed by atoms with Crippen LogP contribution in [0.3, 0.4) is 0 Å². The molecule has 0 bridgehead atoms. The number of piperidine rings is 1. The summed E-state index contributed by atoms with van der Waals surface area (Å²) in [6.45, 7) is 3.34. The summed E-state index contributed by atoms with van der Waals surface area (Å²) in [6, 6.07) is 15.2. The van der Waals surface area contributed by atoms with E-state index >= 15 is 0 Å². The number of likely N-dealkylation sites (tertiary alicyclic amines) is 1. The number of para-hydroxylation sites is 2. The Kier molecular flexibility index (Phi) is 5.10. The second-order valence-corrected chi connectivity index (χ2v) is 7.19. The lowest BCUT2D eigenvalue weighted by molar-refractivity contribution is -0.119. The zero-order valence-electron chi connectivity index (χ0n) is 15.9. The van der Waals surface area contributed by atoms with E-state index in [4.69, 9.17) is 4.42 Å². The zero-order valence-corrected chi connectivity index (χ0v) is 15.9. The number of benzene rings is 2. The molecule has 0 unspecified atom stereocenters. The summed E-state index contributed by atoms with van der Waals surface area (Å²) in [5, 5.41) is 2.75. The van der Waals surface area contributed by atoms with E-state index in [1.165, 1.54) is 6.92 Å². The summed E-state index contributed by atoms with van der Waals surface area (Å²) >= 11 is 0. The van der Waals surface area contributed by atoms with Gasteiger partial charge in [-0.3, -0.25) is 9.59 Å². The molecule has 144 valence electrons. The third kappa shape index (κ3) is 3.91. The normalized spacial score (nSPS) is 15.0. The number of fused-ring (bicyclic) bond motifs is 1. The summed E-state index contributed by atoms with van der Waals surface area (Å²) in [4.78, 5) is 30.3. The summed E-state index contributed by atoms with van der Waals surface area (Å²) < 4.78 is 5.90. The number of nitrogens with zero attached hydrogens (tertiary/aromatic N) is 2. The molecule has 0 radical (unpaired) electrons. The lowest BCUT2D eigenvalue weighted by atomic mass is 9.96. The van der Waals surface area contributed by atoms with Crippen LogP contribution < -0.4 is 5.32 Å². The number of aromatic nitrogens is 1. The number of nitrogens with one attached hydrogen (secondary N) is 1. The van der Waals surface area contributed by atoms with Crippen molar-refractivity contribution in [3.8, 4) is 0 Å². The van der Waals surface area contributed by atoms with Crippen molar-refractivity contribution in [1.82, 2.24) is 15.2 Å². The standard InChI is InChI=1S/C22H23N3O3/c1-15(26)23-14-16-6-8-18(9-7-16)22(27)25-12-10-17(11-13-25)21-24-19-4-2-3-5-20(19)28-21/h2-9,17H,10-14H2,1H3,(H,23,26). The first-order chi connectivity index (χ1) is 13.6. The minimum Gasteiger partial charge on any atom is -0.440 e. The molecular formula is C22H23N3O3. The van der Waals surface area contributed by atoms with E-state index in [2.05, 4.69) is 10.3 Å². The monoisotopic (exact) mass is 377 g/mol. The van der Waals surface area contributed by atoms with Gasteiger partial charge in [0, 0.05) is 38.0 Å². The maximum atomic E-state index is 12.8. The van der Waals surface area contributed by atoms with Crippen LogP contribution in [0.2, 0.25) is 0 Å². The van der Waals surface area contributed by atoms with Crippen LogP contribution in [-0.4, -0.2) is 34.8 Å². The predicted octanol–water partition coefficient (Wildman–Crippen LogP) is 3.48. The third-order valence-electron chi connectivity index (χ3n) is 5.18. The Balaban J connectivity index is 1.36. The quantitative estimate of drug-likeness (QED) is 0.755. The van der Waals surface area contributed by atoms with Gasteiger partial charge in [0.15, 0.2) is 11.5 Å². The number of amides is 2. The summed E-state index contributed by atoms with van der Waals surface area (Å²) in [7, 11) is 0. The number of rotatable bonds is 4. The average molecular weight is 377 g/mol. The number of hydrogen-bond acceptors (Lipinski definition) is 4. The Labute approximate surface area is 163 Å². The highest BCUT2D eigenvalue weighted by Gasteiger charge is 2.27. The molecule has 1 fully saturated rings. The summed E-state index contributed by atoms with van der Waals surface area (Å²) in [5.74, 6) is 0.996. The Morgan fingerprint density at radius 3 is 2.50 bits per heavy atom. The summed E-state index contributed by atoms with van der Waals surface area (Å²) in [6.07, 6.45) is 1.69. The molecule has 1 N–H and O–H groups in total. The highest BCUT2D eigenvalue weighted by molar-refractivity contribution is 5.94. The van der Waals surface area contributed by atoms with Gasteiger partial charge in [-0.1, -0.05) is 24.3 Å². The van der Waals surface area contributed by atoms with Crippen molar-refractivity contribution in [2.24, 2.45) is 0 Å². The third-order valence-corrected chi connectivity index (χ3v) is 5.18. The Hall–Kier alpha value is -3.15. The van der Waals surface area contributed by atoms with Crippen molar-refractivity contribution in [2.75, 3.05) is 13.1 Å². The largest absolute Gasteiger partial charge is 0.440 e. The van der Waals surface area contributed by atoms with Crippen molar-refractivity contribution >= 4 is 22.9 Å². The molecule has 6 nitrogen and oxygen atoms in total. The Bertz CT molecular complexity index is 953. The van der Waals surface area contributed by atoms with Crippen molar-refractivity contribution in [1.29, 1.82) is 0 Å². The van der Waals surface area contributed by atoms with E-state index in [0.29, 0.717) is 25.2 Å². The molecule has 1 aliphatic rings. The first-order valence-corrected chi connectivity index (χ1v) is 9.58. The van der Waals surface area contributed by atoms with Gasteiger partial charge < -0.3 is 14.6 Å². The number of hydrogen-bond donors (Lipinski definition) is 1. The second-order valence-electron chi connectivity index (χ2n) is 7.19. The van der Waals surface area contributed by atoms with E-state index < -0.39 is 0 Å². The van der Waals surface area contributed by atoms with E-state index in [1.807, 2.05) is 53.4 Å². The number of carbonyl (C=O) groups is 2. The van der Waals surface area contributed by atoms with Gasteiger partial charge in [-0.2, -0.15) is 0 Å². The van der Waals surface area contributed by atoms with Crippen molar-refractivity contribution < 1.29 is 14.0 Å². The fourth-order valence-corrected chi connectivity index (χ4v) is 3.57. The molecule has 6 heteroatoms. The van der Waals surface area contributed by atoms with Gasteiger partial charge >= 0.3 is 0 Å². The van der Waals surface area contributed by atoms with Crippen LogP contribution in [0.5, 0.6) is 0 Å². The fraction of sp³-hybridized carbons (Fsp3) is 0.318. The highest BCUT2D eigenvalue weighted by Crippen LogP contribution is 2.30. The molecule has 1 aromatic heterocycles. The molecule has 28 heavy (non-hydrogen) atoms. The fourth-order valence-electron chi connectivity index (χ4n) is 3.57.